The van der Waals surface area contributed by atoms with Gasteiger partial charge in [0.05, 0.1) is 26.4 Å². The van der Waals surface area contributed by atoms with Gasteiger partial charge >= 0.3 is 39.5 Å². The maximum atomic E-state index is 13.1. The molecule has 17 nitrogen and oxygen atoms in total. The first-order valence-electron chi connectivity index (χ1n) is 42.7. The van der Waals surface area contributed by atoms with Crippen molar-refractivity contribution in [2.24, 2.45) is 23.7 Å². The molecule has 0 saturated heterocycles. The van der Waals surface area contributed by atoms with Gasteiger partial charge in [0.1, 0.15) is 19.3 Å². The van der Waals surface area contributed by atoms with E-state index in [-0.39, 0.29) is 25.7 Å². The average molecular weight is 1490 g/mol. The third-order valence-electron chi connectivity index (χ3n) is 19.3. The number of unbranched alkanes of at least 4 members (excludes halogenated alkanes) is 46. The van der Waals surface area contributed by atoms with Crippen LogP contribution < -0.4 is 0 Å². The summed E-state index contributed by atoms with van der Waals surface area (Å²) in [5.41, 5.74) is 0. The number of carbonyl (C=O) groups is 4. The zero-order valence-corrected chi connectivity index (χ0v) is 69.0. The van der Waals surface area contributed by atoms with Crippen LogP contribution in [0, 0.1) is 23.7 Å². The Morgan fingerprint density at radius 1 is 0.245 bits per heavy atom. The zero-order valence-electron chi connectivity index (χ0n) is 67.2. The Hall–Kier alpha value is -1.94. The van der Waals surface area contributed by atoms with Gasteiger partial charge in [-0.3, -0.25) is 37.3 Å². The molecule has 102 heavy (non-hydrogen) atoms. The molecule has 5 atom stereocenters. The first kappa shape index (κ1) is 100. The third kappa shape index (κ3) is 76.3. The van der Waals surface area contributed by atoms with E-state index in [4.69, 9.17) is 37.0 Å². The minimum Gasteiger partial charge on any atom is -0.462 e. The van der Waals surface area contributed by atoms with Crippen molar-refractivity contribution >= 4 is 39.5 Å². The number of hydrogen-bond donors (Lipinski definition) is 3. The molecule has 0 aliphatic rings. The number of rotatable bonds is 80. The molecular weight excluding hydrogens is 1330 g/mol. The van der Waals surface area contributed by atoms with Crippen LogP contribution in [0.25, 0.3) is 0 Å². The van der Waals surface area contributed by atoms with E-state index in [1.807, 2.05) is 0 Å². The summed E-state index contributed by atoms with van der Waals surface area (Å²) in [7, 11) is -9.92. The van der Waals surface area contributed by atoms with E-state index in [9.17, 15) is 43.2 Å². The van der Waals surface area contributed by atoms with Crippen LogP contribution in [0.3, 0.4) is 0 Å². The van der Waals surface area contributed by atoms with Crippen LogP contribution >= 0.6 is 15.6 Å². The van der Waals surface area contributed by atoms with Gasteiger partial charge in [0.25, 0.3) is 0 Å². The molecule has 0 radical (unpaired) electrons. The molecule has 0 aromatic carbocycles. The molecule has 19 heteroatoms. The molecule has 0 heterocycles. The summed E-state index contributed by atoms with van der Waals surface area (Å²) in [4.78, 5) is 73.1. The molecule has 3 unspecified atom stereocenters. The van der Waals surface area contributed by atoms with Crippen LogP contribution in [0.15, 0.2) is 0 Å². The lowest BCUT2D eigenvalue weighted by molar-refractivity contribution is -0.161. The fraction of sp³-hybridized carbons (Fsp3) is 0.952. The Bertz CT molecular complexity index is 1990. The van der Waals surface area contributed by atoms with Crippen molar-refractivity contribution in [3.8, 4) is 0 Å². The van der Waals surface area contributed by atoms with E-state index >= 15 is 0 Å². The standard InChI is InChI=1S/C83H162O17P2/c1-73(2)59-51-43-35-29-23-17-12-9-10-14-20-27-33-39-49-57-66-83(88)100-79(70-94-81(86)64-56-48-42-41-46-54-62-76(7)8)72-98-102(91,92)96-68-77(84)67-95-101(89,90)97-71-78(69-93-80(85)63-55-47-38-32-26-22-16-19-25-31-37-45-53-61-75(5)6)99-82(87)65-58-50-40-34-28-21-15-11-13-18-24-30-36-44-52-60-74(3)4/h73-79,84H,9-72H2,1-8H3,(H,89,90)(H,91,92)/t77?,78-,79-/m1/s1. The Labute approximate surface area is 626 Å². The highest BCUT2D eigenvalue weighted by Crippen LogP contribution is 2.45. The van der Waals surface area contributed by atoms with Gasteiger partial charge in [-0.2, -0.15) is 0 Å². The second-order valence-electron chi connectivity index (χ2n) is 31.8. The van der Waals surface area contributed by atoms with E-state index < -0.39 is 97.5 Å². The first-order chi connectivity index (χ1) is 49.1. The van der Waals surface area contributed by atoms with E-state index in [2.05, 4.69) is 55.4 Å². The number of aliphatic hydroxyl groups excluding tert-OH is 1. The Morgan fingerprint density at radius 2 is 0.412 bits per heavy atom. The highest BCUT2D eigenvalue weighted by molar-refractivity contribution is 7.47. The number of phosphoric acid groups is 2. The van der Waals surface area contributed by atoms with Crippen molar-refractivity contribution in [2.45, 2.75) is 446 Å². The van der Waals surface area contributed by atoms with Gasteiger partial charge in [-0.15, -0.1) is 0 Å². The predicted octanol–water partition coefficient (Wildman–Crippen LogP) is 24.8. The molecule has 0 bridgehead atoms. The molecule has 0 fully saturated rings. The number of aliphatic hydroxyl groups is 1. The molecule has 0 saturated carbocycles. The van der Waals surface area contributed by atoms with Crippen LogP contribution in [0.2, 0.25) is 0 Å². The number of esters is 4. The number of ether oxygens (including phenoxy) is 4. The molecule has 0 aromatic heterocycles. The summed E-state index contributed by atoms with van der Waals surface area (Å²) >= 11 is 0. The molecule has 3 N–H and O–H groups in total. The maximum absolute atomic E-state index is 13.1. The van der Waals surface area contributed by atoms with Crippen molar-refractivity contribution in [3.05, 3.63) is 0 Å². The Balaban J connectivity index is 5.22. The minimum absolute atomic E-state index is 0.107. The second-order valence-corrected chi connectivity index (χ2v) is 34.7. The quantitative estimate of drug-likeness (QED) is 0.0222. The fourth-order valence-corrected chi connectivity index (χ4v) is 14.4. The van der Waals surface area contributed by atoms with Crippen molar-refractivity contribution in [1.29, 1.82) is 0 Å². The summed E-state index contributed by atoms with van der Waals surface area (Å²) in [5.74, 6) is 0.969. The monoisotopic (exact) mass is 1490 g/mol. The molecule has 0 aliphatic carbocycles. The van der Waals surface area contributed by atoms with Crippen molar-refractivity contribution in [1.82, 2.24) is 0 Å². The number of carbonyl (C=O) groups excluding carboxylic acids is 4. The molecule has 0 rings (SSSR count). The lowest BCUT2D eigenvalue weighted by atomic mass is 10.0. The predicted molar refractivity (Wildman–Crippen MR) is 418 cm³/mol. The van der Waals surface area contributed by atoms with Gasteiger partial charge in [0.15, 0.2) is 12.2 Å². The molecule has 0 spiro atoms. The highest BCUT2D eigenvalue weighted by atomic mass is 31.2. The van der Waals surface area contributed by atoms with Crippen molar-refractivity contribution in [2.75, 3.05) is 39.6 Å². The first-order valence-corrected chi connectivity index (χ1v) is 45.7. The fourth-order valence-electron chi connectivity index (χ4n) is 12.8. The largest absolute Gasteiger partial charge is 0.472 e. The molecule has 0 aliphatic heterocycles. The van der Waals surface area contributed by atoms with Crippen LogP contribution in [-0.4, -0.2) is 96.7 Å². The van der Waals surface area contributed by atoms with Gasteiger partial charge in [0, 0.05) is 25.7 Å². The smallest absolute Gasteiger partial charge is 0.462 e. The lowest BCUT2D eigenvalue weighted by Gasteiger charge is -2.21. The summed E-state index contributed by atoms with van der Waals surface area (Å²) < 4.78 is 68.8. The Kier molecular flexibility index (Phi) is 70.6. The maximum Gasteiger partial charge on any atom is 0.472 e. The summed E-state index contributed by atoms with van der Waals surface area (Å²) in [6.07, 6.45) is 59.8. The van der Waals surface area contributed by atoms with E-state index in [0.29, 0.717) is 31.6 Å². The van der Waals surface area contributed by atoms with Gasteiger partial charge < -0.3 is 33.8 Å². The van der Waals surface area contributed by atoms with Gasteiger partial charge in [0.2, 0.25) is 0 Å². The number of phosphoric ester groups is 2. The van der Waals surface area contributed by atoms with Crippen molar-refractivity contribution in [3.63, 3.8) is 0 Å². The minimum atomic E-state index is -4.96. The van der Waals surface area contributed by atoms with Crippen LogP contribution in [-0.2, 0) is 65.4 Å². The van der Waals surface area contributed by atoms with Gasteiger partial charge in [-0.25, -0.2) is 9.13 Å². The van der Waals surface area contributed by atoms with Crippen molar-refractivity contribution < 1.29 is 80.2 Å². The molecule has 606 valence electrons. The van der Waals surface area contributed by atoms with Crippen LogP contribution in [0.1, 0.15) is 428 Å². The summed E-state index contributed by atoms with van der Waals surface area (Å²) in [5, 5.41) is 10.7. The Morgan fingerprint density at radius 3 is 0.608 bits per heavy atom. The summed E-state index contributed by atoms with van der Waals surface area (Å²) in [6, 6.07) is 0. The SMILES string of the molecule is CC(C)CCCCCCCCCCCCCCCCCCC(=O)O[C@H](COC(=O)CCCCCCCCC(C)C)COP(=O)(O)OCC(O)COP(=O)(O)OC[C@@H](COC(=O)CCCCCCCCCCCCCCCC(C)C)OC(=O)CCCCCCCCCCCCCCCCCC(C)C. The molecule has 0 amide bonds. The van der Waals surface area contributed by atoms with E-state index in [0.717, 1.165) is 114 Å². The topological polar surface area (TPSA) is 237 Å². The third-order valence-corrected chi connectivity index (χ3v) is 21.2. The number of hydrogen-bond acceptors (Lipinski definition) is 15. The van der Waals surface area contributed by atoms with E-state index in [1.165, 1.54) is 225 Å². The summed E-state index contributed by atoms with van der Waals surface area (Å²) in [6.45, 7) is 14.3. The molecule has 0 aromatic rings. The van der Waals surface area contributed by atoms with Gasteiger partial charge in [-0.1, -0.05) is 376 Å². The second kappa shape index (κ2) is 72.0. The average Bonchev–Trinajstić information content (AvgIpc) is 0.920. The normalized spacial score (nSPS) is 14.0. The van der Waals surface area contributed by atoms with Crippen LogP contribution in [0.5, 0.6) is 0 Å². The highest BCUT2D eigenvalue weighted by Gasteiger charge is 2.30. The molecular formula is C83H162O17P2. The van der Waals surface area contributed by atoms with Crippen LogP contribution in [0.4, 0.5) is 0 Å². The van der Waals surface area contributed by atoms with E-state index in [1.54, 1.807) is 0 Å². The van der Waals surface area contributed by atoms with Gasteiger partial charge in [-0.05, 0) is 49.4 Å². The zero-order chi connectivity index (χ0) is 75.3. The lowest BCUT2D eigenvalue weighted by Crippen LogP contribution is -2.30.